The molecule has 0 amide bonds. The van der Waals surface area contributed by atoms with Crippen LogP contribution in [-0.2, 0) is 13.6 Å². The molecule has 21 heavy (non-hydrogen) atoms. The van der Waals surface area contributed by atoms with E-state index in [-0.39, 0.29) is 0 Å². The minimum atomic E-state index is -3.10. The maximum absolute atomic E-state index is 13.5. The largest absolute Gasteiger partial charge is 0.350 e. The van der Waals surface area contributed by atoms with Crippen LogP contribution in [0.25, 0.3) is 0 Å². The third-order valence-electron chi connectivity index (χ3n) is 4.88. The zero-order valence-corrected chi connectivity index (χ0v) is 14.6. The Hall–Kier alpha value is 0.110. The van der Waals surface area contributed by atoms with Gasteiger partial charge < -0.3 is 9.05 Å². The van der Waals surface area contributed by atoms with Gasteiger partial charge in [0.15, 0.2) is 0 Å². The second-order valence-corrected chi connectivity index (χ2v) is 8.77. The summed E-state index contributed by atoms with van der Waals surface area (Å²) in [6.07, 6.45) is 11.6. The molecule has 5 heteroatoms. The zero-order valence-electron chi connectivity index (χ0n) is 13.7. The minimum Gasteiger partial charge on any atom is -0.308 e. The standard InChI is InChI=1S/C16H32NO3P/c1-3-19-21(18,20-4-2)16(13-9-6-10-14-16)17-15-11-7-5-8-12-15/h15,17H,3-14H2,1-2H3. The molecule has 1 N–H and O–H groups in total. The monoisotopic (exact) mass is 317 g/mol. The van der Waals surface area contributed by atoms with E-state index in [1.165, 1.54) is 38.5 Å². The van der Waals surface area contributed by atoms with Gasteiger partial charge in [-0.3, -0.25) is 9.88 Å². The normalized spacial score (nSPS) is 24.1. The molecule has 0 heterocycles. The summed E-state index contributed by atoms with van der Waals surface area (Å²) >= 11 is 0. The summed E-state index contributed by atoms with van der Waals surface area (Å²) in [5.41, 5.74) is 0. The highest BCUT2D eigenvalue weighted by Crippen LogP contribution is 2.64. The van der Waals surface area contributed by atoms with Crippen LogP contribution in [0.3, 0.4) is 0 Å². The quantitative estimate of drug-likeness (QED) is 0.683. The van der Waals surface area contributed by atoms with Crippen LogP contribution in [-0.4, -0.2) is 24.5 Å². The number of rotatable bonds is 7. The van der Waals surface area contributed by atoms with Crippen molar-refractivity contribution in [1.29, 1.82) is 0 Å². The highest BCUT2D eigenvalue weighted by atomic mass is 31.2. The summed E-state index contributed by atoms with van der Waals surface area (Å²) in [5, 5.41) is 3.32. The highest BCUT2D eigenvalue weighted by molar-refractivity contribution is 7.55. The van der Waals surface area contributed by atoms with Gasteiger partial charge in [0.1, 0.15) is 5.28 Å². The van der Waals surface area contributed by atoms with Crippen LogP contribution in [0, 0.1) is 0 Å². The molecule has 2 fully saturated rings. The van der Waals surface area contributed by atoms with Crippen LogP contribution in [0.4, 0.5) is 0 Å². The molecular weight excluding hydrogens is 285 g/mol. The van der Waals surface area contributed by atoms with Gasteiger partial charge in [0, 0.05) is 6.04 Å². The lowest BCUT2D eigenvalue weighted by Gasteiger charge is -2.45. The first kappa shape index (κ1) is 17.5. The molecule has 2 rings (SSSR count). The predicted molar refractivity (Wildman–Crippen MR) is 86.7 cm³/mol. The average molecular weight is 317 g/mol. The van der Waals surface area contributed by atoms with Gasteiger partial charge in [-0.2, -0.15) is 0 Å². The van der Waals surface area contributed by atoms with E-state index >= 15 is 0 Å². The van der Waals surface area contributed by atoms with Gasteiger partial charge >= 0.3 is 7.60 Å². The van der Waals surface area contributed by atoms with E-state index in [4.69, 9.17) is 9.05 Å². The molecule has 0 unspecified atom stereocenters. The average Bonchev–Trinajstić information content (AvgIpc) is 2.49. The van der Waals surface area contributed by atoms with Crippen molar-refractivity contribution >= 4 is 7.60 Å². The molecule has 0 aromatic rings. The lowest BCUT2D eigenvalue weighted by Crippen LogP contribution is -2.52. The fraction of sp³-hybridized carbons (Fsp3) is 1.00. The molecule has 0 bridgehead atoms. The summed E-state index contributed by atoms with van der Waals surface area (Å²) in [7, 11) is -3.10. The molecule has 4 nitrogen and oxygen atoms in total. The molecule has 0 saturated heterocycles. The van der Waals surface area contributed by atoms with Crippen LogP contribution < -0.4 is 5.32 Å². The maximum Gasteiger partial charge on any atom is 0.350 e. The molecule has 2 saturated carbocycles. The number of hydrogen-bond donors (Lipinski definition) is 1. The zero-order chi connectivity index (χ0) is 15.2. The summed E-state index contributed by atoms with van der Waals surface area (Å²) < 4.78 is 24.9. The van der Waals surface area contributed by atoms with E-state index in [0.717, 1.165) is 25.7 Å². The molecule has 124 valence electrons. The van der Waals surface area contributed by atoms with Gasteiger partial charge in [0.2, 0.25) is 0 Å². The van der Waals surface area contributed by atoms with E-state index in [1.807, 2.05) is 13.8 Å². The second kappa shape index (κ2) is 8.10. The predicted octanol–water partition coefficient (Wildman–Crippen LogP) is 4.84. The van der Waals surface area contributed by atoms with Crippen molar-refractivity contribution in [2.45, 2.75) is 89.4 Å². The van der Waals surface area contributed by atoms with Crippen LogP contribution in [0.15, 0.2) is 0 Å². The van der Waals surface area contributed by atoms with Gasteiger partial charge in [-0.1, -0.05) is 38.5 Å². The first-order valence-corrected chi connectivity index (χ1v) is 10.4. The first-order valence-electron chi connectivity index (χ1n) is 8.83. The summed E-state index contributed by atoms with van der Waals surface area (Å²) in [5.74, 6) is 0. The van der Waals surface area contributed by atoms with Crippen molar-refractivity contribution in [1.82, 2.24) is 5.32 Å². The molecule has 0 aromatic heterocycles. The van der Waals surface area contributed by atoms with E-state index in [2.05, 4.69) is 5.32 Å². The first-order chi connectivity index (χ1) is 10.2. The molecule has 0 aliphatic heterocycles. The summed E-state index contributed by atoms with van der Waals surface area (Å²) in [4.78, 5) is 0. The second-order valence-electron chi connectivity index (χ2n) is 6.40. The fourth-order valence-corrected chi connectivity index (χ4v) is 6.34. The van der Waals surface area contributed by atoms with Crippen LogP contribution in [0.5, 0.6) is 0 Å². The van der Waals surface area contributed by atoms with Crippen molar-refractivity contribution in [2.24, 2.45) is 0 Å². The molecule has 0 radical (unpaired) electrons. The van der Waals surface area contributed by atoms with E-state index in [1.54, 1.807) is 0 Å². The minimum absolute atomic E-state index is 0.445. The van der Waals surface area contributed by atoms with Crippen molar-refractivity contribution < 1.29 is 13.6 Å². The Kier molecular flexibility index (Phi) is 6.74. The number of hydrogen-bond acceptors (Lipinski definition) is 4. The van der Waals surface area contributed by atoms with Gasteiger partial charge in [0.25, 0.3) is 0 Å². The Balaban J connectivity index is 2.19. The molecule has 0 atom stereocenters. The highest BCUT2D eigenvalue weighted by Gasteiger charge is 2.51. The van der Waals surface area contributed by atoms with Crippen molar-refractivity contribution in [2.75, 3.05) is 13.2 Å². The van der Waals surface area contributed by atoms with E-state index in [0.29, 0.717) is 19.3 Å². The Morgan fingerprint density at radius 2 is 1.48 bits per heavy atom. The Morgan fingerprint density at radius 3 is 2.00 bits per heavy atom. The molecule has 0 aromatic carbocycles. The lowest BCUT2D eigenvalue weighted by molar-refractivity contribution is 0.153. The van der Waals surface area contributed by atoms with Crippen molar-refractivity contribution in [3.05, 3.63) is 0 Å². The van der Waals surface area contributed by atoms with Crippen LogP contribution >= 0.6 is 7.60 Å². The maximum atomic E-state index is 13.5. The Bertz CT molecular complexity index is 339. The SMILES string of the molecule is CCOP(=O)(OCC)C1(NC2CCCCC2)CCCCC1. The Morgan fingerprint density at radius 1 is 0.952 bits per heavy atom. The molecule has 2 aliphatic rings. The van der Waals surface area contributed by atoms with Crippen molar-refractivity contribution in [3.63, 3.8) is 0 Å². The molecule has 2 aliphatic carbocycles. The van der Waals surface area contributed by atoms with Crippen LogP contribution in [0.1, 0.15) is 78.1 Å². The smallest absolute Gasteiger partial charge is 0.308 e. The summed E-state index contributed by atoms with van der Waals surface area (Å²) in [6.45, 7) is 4.71. The Labute approximate surface area is 129 Å². The van der Waals surface area contributed by atoms with Crippen molar-refractivity contribution in [3.8, 4) is 0 Å². The van der Waals surface area contributed by atoms with E-state index < -0.39 is 12.9 Å². The topological polar surface area (TPSA) is 47.6 Å². The van der Waals surface area contributed by atoms with Gasteiger partial charge in [-0.25, -0.2) is 0 Å². The van der Waals surface area contributed by atoms with E-state index in [9.17, 15) is 4.57 Å². The summed E-state index contributed by atoms with van der Waals surface area (Å²) in [6, 6.07) is 0.478. The molecule has 0 spiro atoms. The van der Waals surface area contributed by atoms with Crippen LogP contribution in [0.2, 0.25) is 0 Å². The third kappa shape index (κ3) is 4.10. The number of nitrogens with one attached hydrogen (secondary N) is 1. The van der Waals surface area contributed by atoms with Gasteiger partial charge in [-0.05, 0) is 39.5 Å². The lowest BCUT2D eigenvalue weighted by atomic mass is 9.90. The van der Waals surface area contributed by atoms with Gasteiger partial charge in [-0.15, -0.1) is 0 Å². The third-order valence-corrected chi connectivity index (χ3v) is 7.70. The fourth-order valence-electron chi connectivity index (χ4n) is 3.89. The van der Waals surface area contributed by atoms with Gasteiger partial charge in [0.05, 0.1) is 13.2 Å². The molecular formula is C16H32NO3P.